The summed E-state index contributed by atoms with van der Waals surface area (Å²) < 4.78 is 26.3. The summed E-state index contributed by atoms with van der Waals surface area (Å²) in [5.74, 6) is 0.904. The predicted octanol–water partition coefficient (Wildman–Crippen LogP) is 5.04. The molecule has 1 N–H and O–H groups in total. The van der Waals surface area contributed by atoms with Gasteiger partial charge in [0.2, 0.25) is 0 Å². The van der Waals surface area contributed by atoms with Crippen molar-refractivity contribution in [2.75, 3.05) is 43.5 Å². The first-order valence-electron chi connectivity index (χ1n) is 11.6. The van der Waals surface area contributed by atoms with E-state index in [0.717, 1.165) is 49.5 Å². The Morgan fingerprint density at radius 1 is 1.09 bits per heavy atom. The number of oxazole rings is 1. The zero-order valence-corrected chi connectivity index (χ0v) is 19.3. The molecule has 1 fully saturated rings. The number of hydrogen-bond donors (Lipinski definition) is 1. The van der Waals surface area contributed by atoms with Crippen LogP contribution in [-0.2, 0) is 0 Å². The molecular weight excluding hydrogens is 421 g/mol. The van der Waals surface area contributed by atoms with Gasteiger partial charge in [-0.05, 0) is 71.1 Å². The van der Waals surface area contributed by atoms with Gasteiger partial charge in [0, 0.05) is 23.2 Å². The largest absolute Gasteiger partial charge is 0.486 e. The van der Waals surface area contributed by atoms with Crippen LogP contribution in [-0.4, -0.2) is 54.2 Å². The van der Waals surface area contributed by atoms with E-state index >= 15 is 0 Å². The summed E-state index contributed by atoms with van der Waals surface area (Å²) in [6.07, 6.45) is 5.69. The number of rotatable bonds is 5. The first-order valence-corrected chi connectivity index (χ1v) is 11.6. The van der Waals surface area contributed by atoms with E-state index < -0.39 is 5.82 Å². The van der Waals surface area contributed by atoms with Crippen molar-refractivity contribution in [2.45, 2.75) is 38.6 Å². The van der Waals surface area contributed by atoms with Crippen molar-refractivity contribution in [3.05, 3.63) is 48.2 Å². The molecule has 33 heavy (non-hydrogen) atoms. The molecule has 8 heteroatoms. The number of hydrogen-bond acceptors (Lipinski definition) is 7. The van der Waals surface area contributed by atoms with Gasteiger partial charge >= 0.3 is 0 Å². The summed E-state index contributed by atoms with van der Waals surface area (Å²) in [5.41, 5.74) is 3.30. The average Bonchev–Trinajstić information content (AvgIpc) is 3.28. The molecule has 2 aromatic heterocycles. The van der Waals surface area contributed by atoms with Crippen molar-refractivity contribution in [1.82, 2.24) is 14.9 Å². The maximum atomic E-state index is 14.8. The minimum Gasteiger partial charge on any atom is -0.486 e. The second-order valence-corrected chi connectivity index (χ2v) is 9.15. The number of halogens is 1. The smallest absolute Gasteiger partial charge is 0.299 e. The molecule has 3 aromatic rings. The Balaban J connectivity index is 1.32. The molecule has 0 aliphatic carbocycles. The zero-order chi connectivity index (χ0) is 22.9. The molecule has 0 atom stereocenters. The van der Waals surface area contributed by atoms with Crippen LogP contribution in [0.5, 0.6) is 5.75 Å². The van der Waals surface area contributed by atoms with E-state index in [2.05, 4.69) is 52.0 Å². The lowest BCUT2D eigenvalue weighted by molar-refractivity contribution is 0.253. The molecule has 0 saturated carbocycles. The highest BCUT2D eigenvalue weighted by Gasteiger charge is 2.25. The molecule has 0 spiro atoms. The number of benzene rings is 1. The minimum atomic E-state index is -0.396. The number of piperidine rings is 1. The number of ether oxygens (including phenoxy) is 1. The number of pyridine rings is 1. The summed E-state index contributed by atoms with van der Waals surface area (Å²) in [7, 11) is 2.16. The first kappa shape index (κ1) is 21.7. The standard InChI is InChI=1S/C25H30FN5O2/c1-16(2)31-10-11-32-24-20(26)12-18(13-22(24)31)23-15-28-25(33-23)29-19-4-5-21(27-14-19)17-6-8-30(3)9-7-17/h4-5,12-17H,6-11H2,1-3H3,(H,28,29). The fourth-order valence-electron chi connectivity index (χ4n) is 4.59. The monoisotopic (exact) mass is 451 g/mol. The van der Waals surface area contributed by atoms with Crippen molar-refractivity contribution >= 4 is 17.4 Å². The zero-order valence-electron chi connectivity index (χ0n) is 19.3. The first-order chi connectivity index (χ1) is 16.0. The number of aromatic nitrogens is 2. The van der Waals surface area contributed by atoms with E-state index in [-0.39, 0.29) is 6.04 Å². The van der Waals surface area contributed by atoms with E-state index in [0.29, 0.717) is 35.6 Å². The van der Waals surface area contributed by atoms with Crippen molar-refractivity contribution in [1.29, 1.82) is 0 Å². The van der Waals surface area contributed by atoms with Crippen molar-refractivity contribution in [3.8, 4) is 17.1 Å². The fraction of sp³-hybridized carbons (Fsp3) is 0.440. The normalized spacial score (nSPS) is 17.2. The highest BCUT2D eigenvalue weighted by Crippen LogP contribution is 2.39. The lowest BCUT2D eigenvalue weighted by Gasteiger charge is -2.34. The van der Waals surface area contributed by atoms with Gasteiger partial charge in [-0.2, -0.15) is 0 Å². The van der Waals surface area contributed by atoms with Gasteiger partial charge < -0.3 is 24.3 Å². The molecular formula is C25H30FN5O2. The SMILES string of the molecule is CC(C)N1CCOc2c(F)cc(-c3cnc(Nc4ccc(C5CCN(C)CC5)nc4)o3)cc21. The van der Waals surface area contributed by atoms with Crippen LogP contribution in [0.2, 0.25) is 0 Å². The topological polar surface area (TPSA) is 66.7 Å². The molecule has 174 valence electrons. The molecule has 4 heterocycles. The number of anilines is 3. The summed E-state index contributed by atoms with van der Waals surface area (Å²) in [6, 6.07) is 7.99. The molecule has 2 aliphatic heterocycles. The maximum Gasteiger partial charge on any atom is 0.299 e. The molecule has 1 saturated heterocycles. The van der Waals surface area contributed by atoms with Gasteiger partial charge in [-0.15, -0.1) is 0 Å². The maximum absolute atomic E-state index is 14.8. The van der Waals surface area contributed by atoms with Gasteiger partial charge in [-0.1, -0.05) is 0 Å². The van der Waals surface area contributed by atoms with Crippen LogP contribution in [0.15, 0.2) is 41.1 Å². The van der Waals surface area contributed by atoms with Gasteiger partial charge in [-0.3, -0.25) is 4.98 Å². The van der Waals surface area contributed by atoms with E-state index in [1.54, 1.807) is 6.20 Å². The van der Waals surface area contributed by atoms with E-state index in [1.807, 2.05) is 18.3 Å². The van der Waals surface area contributed by atoms with E-state index in [1.165, 1.54) is 6.07 Å². The lowest BCUT2D eigenvalue weighted by Crippen LogP contribution is -2.38. The summed E-state index contributed by atoms with van der Waals surface area (Å²) in [6.45, 7) is 7.58. The number of likely N-dealkylation sites (tertiary alicyclic amines) is 1. The molecule has 0 amide bonds. The molecule has 2 aliphatic rings. The number of nitrogens with zero attached hydrogens (tertiary/aromatic N) is 4. The summed E-state index contributed by atoms with van der Waals surface area (Å²) in [5, 5.41) is 3.16. The van der Waals surface area contributed by atoms with E-state index in [9.17, 15) is 4.39 Å². The quantitative estimate of drug-likeness (QED) is 0.583. The molecule has 0 radical (unpaired) electrons. The molecule has 7 nitrogen and oxygen atoms in total. The van der Waals surface area contributed by atoms with Crippen molar-refractivity contribution < 1.29 is 13.5 Å². The Morgan fingerprint density at radius 2 is 1.91 bits per heavy atom. The van der Waals surface area contributed by atoms with Gasteiger partial charge in [-0.25, -0.2) is 9.37 Å². The van der Waals surface area contributed by atoms with Crippen LogP contribution in [0.4, 0.5) is 21.8 Å². The highest BCUT2D eigenvalue weighted by atomic mass is 19.1. The van der Waals surface area contributed by atoms with Crippen LogP contribution in [0.1, 0.15) is 38.3 Å². The van der Waals surface area contributed by atoms with Crippen LogP contribution >= 0.6 is 0 Å². The second kappa shape index (κ2) is 9.02. The third-order valence-corrected chi connectivity index (χ3v) is 6.50. The Kier molecular flexibility index (Phi) is 5.93. The van der Waals surface area contributed by atoms with E-state index in [4.69, 9.17) is 9.15 Å². The van der Waals surface area contributed by atoms with Crippen molar-refractivity contribution in [2.24, 2.45) is 0 Å². The van der Waals surface area contributed by atoms with Gasteiger partial charge in [0.15, 0.2) is 17.3 Å². The van der Waals surface area contributed by atoms with Gasteiger partial charge in [0.05, 0.1) is 30.3 Å². The third-order valence-electron chi connectivity index (χ3n) is 6.50. The molecule has 5 rings (SSSR count). The van der Waals surface area contributed by atoms with Gasteiger partial charge in [0.25, 0.3) is 6.01 Å². The Morgan fingerprint density at radius 3 is 2.64 bits per heavy atom. The molecule has 0 bridgehead atoms. The number of nitrogens with one attached hydrogen (secondary N) is 1. The fourth-order valence-corrected chi connectivity index (χ4v) is 4.59. The van der Waals surface area contributed by atoms with Crippen LogP contribution in [0.3, 0.4) is 0 Å². The Bertz CT molecular complexity index is 1110. The predicted molar refractivity (Wildman–Crippen MR) is 127 cm³/mol. The highest BCUT2D eigenvalue weighted by molar-refractivity contribution is 5.71. The summed E-state index contributed by atoms with van der Waals surface area (Å²) in [4.78, 5) is 13.5. The van der Waals surface area contributed by atoms with Crippen LogP contribution in [0.25, 0.3) is 11.3 Å². The van der Waals surface area contributed by atoms with Crippen molar-refractivity contribution in [3.63, 3.8) is 0 Å². The second-order valence-electron chi connectivity index (χ2n) is 9.15. The summed E-state index contributed by atoms with van der Waals surface area (Å²) >= 11 is 0. The molecule has 1 aromatic carbocycles. The van der Waals surface area contributed by atoms with Gasteiger partial charge in [0.1, 0.15) is 6.61 Å². The third kappa shape index (κ3) is 4.53. The van der Waals surface area contributed by atoms with Crippen LogP contribution in [0, 0.1) is 5.82 Å². The Hall–Kier alpha value is -3.13. The average molecular weight is 452 g/mol. The minimum absolute atomic E-state index is 0.235. The van der Waals surface area contributed by atoms with Crippen LogP contribution < -0.4 is 15.0 Å². The number of fused-ring (bicyclic) bond motifs is 1. The lowest BCUT2D eigenvalue weighted by atomic mass is 9.93. The Labute approximate surface area is 193 Å². The molecule has 0 unspecified atom stereocenters.